The van der Waals surface area contributed by atoms with Gasteiger partial charge in [-0.15, -0.1) is 24.0 Å². The molecule has 0 aromatic heterocycles. The summed E-state index contributed by atoms with van der Waals surface area (Å²) in [5, 5.41) is 3.45. The maximum absolute atomic E-state index is 6.09. The Labute approximate surface area is 180 Å². The highest BCUT2D eigenvalue weighted by molar-refractivity contribution is 14.0. The van der Waals surface area contributed by atoms with Gasteiger partial charge < -0.3 is 15.0 Å². The maximum atomic E-state index is 6.09. The first-order valence-corrected chi connectivity index (χ1v) is 9.85. The second-order valence-corrected chi connectivity index (χ2v) is 6.93. The molecule has 2 saturated heterocycles. The molecular weight excluding hydrogens is 451 g/mol. The molecule has 2 aliphatic rings. The second kappa shape index (κ2) is 11.7. The number of ether oxygens (including phenoxy) is 1. The van der Waals surface area contributed by atoms with Gasteiger partial charge in [-0.2, -0.15) is 0 Å². The van der Waals surface area contributed by atoms with Crippen molar-refractivity contribution in [2.75, 3.05) is 39.3 Å². The average Bonchev–Trinajstić information content (AvgIpc) is 3.10. The lowest BCUT2D eigenvalue weighted by Gasteiger charge is -2.36. The van der Waals surface area contributed by atoms with E-state index in [1.54, 1.807) is 0 Å². The lowest BCUT2D eigenvalue weighted by molar-refractivity contribution is -0.0502. The molecule has 1 aromatic rings. The first-order valence-electron chi connectivity index (χ1n) is 9.85. The summed E-state index contributed by atoms with van der Waals surface area (Å²) in [7, 11) is 0. The van der Waals surface area contributed by atoms with Crippen molar-refractivity contribution >= 4 is 29.9 Å². The zero-order chi connectivity index (χ0) is 18.2. The number of nitrogens with zero attached hydrogens (tertiary/aromatic N) is 3. The van der Waals surface area contributed by atoms with E-state index in [0.29, 0.717) is 6.04 Å². The van der Waals surface area contributed by atoms with Gasteiger partial charge in [-0.1, -0.05) is 42.5 Å². The second-order valence-electron chi connectivity index (χ2n) is 6.93. The van der Waals surface area contributed by atoms with Crippen LogP contribution >= 0.6 is 24.0 Å². The van der Waals surface area contributed by atoms with Crippen molar-refractivity contribution in [2.45, 2.75) is 39.0 Å². The molecule has 0 amide bonds. The monoisotopic (exact) mass is 484 g/mol. The van der Waals surface area contributed by atoms with Crippen molar-refractivity contribution in [3.8, 4) is 0 Å². The van der Waals surface area contributed by atoms with Crippen LogP contribution in [-0.4, -0.2) is 67.2 Å². The SMILES string of the molecule is C/C=C/CCN=C(NCC)N1CC2OCCN(Cc3ccccc3)C2C1.I. The number of morpholine rings is 1. The Morgan fingerprint density at radius 3 is 2.85 bits per heavy atom. The molecule has 3 rings (SSSR count). The topological polar surface area (TPSA) is 40.1 Å². The van der Waals surface area contributed by atoms with Crippen LogP contribution in [0.25, 0.3) is 0 Å². The van der Waals surface area contributed by atoms with Crippen LogP contribution in [0.1, 0.15) is 25.8 Å². The molecule has 5 nitrogen and oxygen atoms in total. The molecule has 2 heterocycles. The average molecular weight is 484 g/mol. The molecule has 2 fully saturated rings. The zero-order valence-electron chi connectivity index (χ0n) is 16.5. The van der Waals surface area contributed by atoms with Gasteiger partial charge in [-0.3, -0.25) is 9.89 Å². The molecule has 2 unspecified atom stereocenters. The fourth-order valence-electron chi connectivity index (χ4n) is 3.78. The quantitative estimate of drug-likeness (QED) is 0.222. The van der Waals surface area contributed by atoms with E-state index >= 15 is 0 Å². The van der Waals surface area contributed by atoms with Gasteiger partial charge in [0.15, 0.2) is 5.96 Å². The van der Waals surface area contributed by atoms with E-state index in [-0.39, 0.29) is 30.1 Å². The summed E-state index contributed by atoms with van der Waals surface area (Å²) in [4.78, 5) is 9.76. The first-order chi connectivity index (χ1) is 12.8. The van der Waals surface area contributed by atoms with E-state index in [1.165, 1.54) is 5.56 Å². The van der Waals surface area contributed by atoms with Crippen LogP contribution in [-0.2, 0) is 11.3 Å². The van der Waals surface area contributed by atoms with Gasteiger partial charge in [0.1, 0.15) is 0 Å². The van der Waals surface area contributed by atoms with Crippen molar-refractivity contribution in [1.82, 2.24) is 15.1 Å². The lowest BCUT2D eigenvalue weighted by Crippen LogP contribution is -2.50. The highest BCUT2D eigenvalue weighted by Gasteiger charge is 2.41. The maximum Gasteiger partial charge on any atom is 0.194 e. The number of halogens is 1. The standard InChI is InChI=1S/C21H32N4O.HI/c1-3-5-9-12-23-21(22-4-2)25-16-19-20(17-25)26-14-13-24(19)15-18-10-7-6-8-11-18;/h3,5-8,10-11,19-20H,4,9,12-17H2,1-2H3,(H,22,23);1H/b5-3+;. The molecule has 1 aromatic carbocycles. The molecule has 0 saturated carbocycles. The first kappa shape index (κ1) is 22.2. The normalized spacial score (nSPS) is 23.3. The van der Waals surface area contributed by atoms with Crippen LogP contribution < -0.4 is 5.32 Å². The Kier molecular flexibility index (Phi) is 9.58. The fraction of sp³-hybridized carbons (Fsp3) is 0.571. The predicted octanol–water partition coefficient (Wildman–Crippen LogP) is 3.12. The predicted molar refractivity (Wildman–Crippen MR) is 123 cm³/mol. The van der Waals surface area contributed by atoms with Crippen LogP contribution in [0.2, 0.25) is 0 Å². The number of guanidine groups is 1. The Morgan fingerprint density at radius 1 is 1.30 bits per heavy atom. The van der Waals surface area contributed by atoms with Gasteiger partial charge in [0.25, 0.3) is 0 Å². The minimum Gasteiger partial charge on any atom is -0.373 e. The Hall–Kier alpha value is -1.12. The minimum atomic E-state index is 0. The highest BCUT2D eigenvalue weighted by Crippen LogP contribution is 2.24. The van der Waals surface area contributed by atoms with Crippen molar-refractivity contribution in [2.24, 2.45) is 4.99 Å². The summed E-state index contributed by atoms with van der Waals surface area (Å²) < 4.78 is 6.09. The van der Waals surface area contributed by atoms with Crippen LogP contribution in [0.5, 0.6) is 0 Å². The summed E-state index contributed by atoms with van der Waals surface area (Å²) >= 11 is 0. The van der Waals surface area contributed by atoms with E-state index in [4.69, 9.17) is 9.73 Å². The number of allylic oxidation sites excluding steroid dienone is 1. The number of benzene rings is 1. The van der Waals surface area contributed by atoms with Crippen molar-refractivity contribution in [3.05, 3.63) is 48.0 Å². The minimum absolute atomic E-state index is 0. The van der Waals surface area contributed by atoms with Crippen molar-refractivity contribution in [3.63, 3.8) is 0 Å². The van der Waals surface area contributed by atoms with Gasteiger partial charge in [0, 0.05) is 39.3 Å². The molecule has 2 atom stereocenters. The summed E-state index contributed by atoms with van der Waals surface area (Å²) in [5.74, 6) is 1.02. The summed E-state index contributed by atoms with van der Waals surface area (Å²) in [5.41, 5.74) is 1.37. The fourth-order valence-corrected chi connectivity index (χ4v) is 3.78. The number of rotatable bonds is 6. The van der Waals surface area contributed by atoms with Crippen LogP contribution in [0.15, 0.2) is 47.5 Å². The molecule has 150 valence electrons. The number of hydrogen-bond acceptors (Lipinski definition) is 3. The number of fused-ring (bicyclic) bond motifs is 1. The van der Waals surface area contributed by atoms with E-state index in [0.717, 1.165) is 58.3 Å². The third kappa shape index (κ3) is 6.19. The lowest BCUT2D eigenvalue weighted by atomic mass is 10.1. The Bertz CT molecular complexity index is 607. The zero-order valence-corrected chi connectivity index (χ0v) is 18.8. The molecule has 0 radical (unpaired) electrons. The van der Waals surface area contributed by atoms with E-state index in [1.807, 2.05) is 0 Å². The Morgan fingerprint density at radius 2 is 2.11 bits per heavy atom. The van der Waals surface area contributed by atoms with Crippen LogP contribution in [0, 0.1) is 0 Å². The third-order valence-electron chi connectivity index (χ3n) is 5.07. The molecule has 0 bridgehead atoms. The smallest absolute Gasteiger partial charge is 0.194 e. The van der Waals surface area contributed by atoms with Gasteiger partial charge in [-0.05, 0) is 25.8 Å². The van der Waals surface area contributed by atoms with E-state index < -0.39 is 0 Å². The highest BCUT2D eigenvalue weighted by atomic mass is 127. The number of hydrogen-bond donors (Lipinski definition) is 1. The van der Waals surface area contributed by atoms with E-state index in [9.17, 15) is 0 Å². The molecule has 27 heavy (non-hydrogen) atoms. The largest absolute Gasteiger partial charge is 0.373 e. The van der Waals surface area contributed by atoms with Gasteiger partial charge in [0.2, 0.25) is 0 Å². The van der Waals surface area contributed by atoms with Crippen molar-refractivity contribution < 1.29 is 4.74 Å². The molecule has 6 heteroatoms. The van der Waals surface area contributed by atoms with Gasteiger partial charge in [-0.25, -0.2) is 0 Å². The number of nitrogens with one attached hydrogen (secondary N) is 1. The van der Waals surface area contributed by atoms with Crippen LogP contribution in [0.3, 0.4) is 0 Å². The van der Waals surface area contributed by atoms with E-state index in [2.05, 4.69) is 71.4 Å². The summed E-state index contributed by atoms with van der Waals surface area (Å²) in [6.45, 7) is 10.6. The summed E-state index contributed by atoms with van der Waals surface area (Å²) in [6, 6.07) is 11.2. The third-order valence-corrected chi connectivity index (χ3v) is 5.07. The molecule has 0 aliphatic carbocycles. The molecular formula is C21H33IN4O. The number of likely N-dealkylation sites (tertiary alicyclic amines) is 1. The molecule has 0 spiro atoms. The number of aliphatic imine (C=N–C) groups is 1. The Balaban J connectivity index is 0.00000261. The van der Waals surface area contributed by atoms with Gasteiger partial charge >= 0.3 is 0 Å². The summed E-state index contributed by atoms with van der Waals surface area (Å²) in [6.07, 6.45) is 5.51. The van der Waals surface area contributed by atoms with Gasteiger partial charge in [0.05, 0.1) is 18.8 Å². The van der Waals surface area contributed by atoms with Crippen molar-refractivity contribution in [1.29, 1.82) is 0 Å². The molecule has 2 aliphatic heterocycles. The molecule has 1 N–H and O–H groups in total. The van der Waals surface area contributed by atoms with Crippen LogP contribution in [0.4, 0.5) is 0 Å².